The van der Waals surface area contributed by atoms with Crippen molar-refractivity contribution >= 4 is 0 Å². The van der Waals surface area contributed by atoms with Crippen LogP contribution in [0, 0.1) is 6.92 Å². The predicted molar refractivity (Wildman–Crippen MR) is 45.8 cm³/mol. The second-order valence-electron chi connectivity index (χ2n) is 3.40. The van der Waals surface area contributed by atoms with Crippen LogP contribution in [0.4, 0.5) is 0 Å². The van der Waals surface area contributed by atoms with E-state index in [4.69, 9.17) is 4.74 Å². The highest BCUT2D eigenvalue weighted by molar-refractivity contribution is 5.12. The van der Waals surface area contributed by atoms with Crippen LogP contribution >= 0.6 is 0 Å². The molecule has 1 aromatic heterocycles. The van der Waals surface area contributed by atoms with Gasteiger partial charge in [0.15, 0.2) is 0 Å². The quantitative estimate of drug-likeness (QED) is 0.743. The SMILES string of the molecule is Cc1cn[nH]c1COC1CCC1. The fourth-order valence-corrected chi connectivity index (χ4v) is 1.26. The lowest BCUT2D eigenvalue weighted by molar-refractivity contribution is -0.0103. The summed E-state index contributed by atoms with van der Waals surface area (Å²) >= 11 is 0. The first kappa shape index (κ1) is 7.80. The molecule has 0 bridgehead atoms. The first-order chi connectivity index (χ1) is 5.86. The summed E-state index contributed by atoms with van der Waals surface area (Å²) in [5.41, 5.74) is 2.30. The number of aryl methyl sites for hydroxylation is 1. The molecule has 1 fully saturated rings. The van der Waals surface area contributed by atoms with Gasteiger partial charge in [-0.25, -0.2) is 0 Å². The zero-order chi connectivity index (χ0) is 8.39. The van der Waals surface area contributed by atoms with Gasteiger partial charge in [-0.1, -0.05) is 0 Å². The van der Waals surface area contributed by atoms with E-state index in [0.717, 1.165) is 5.69 Å². The molecule has 0 atom stereocenters. The third-order valence-electron chi connectivity index (χ3n) is 2.45. The summed E-state index contributed by atoms with van der Waals surface area (Å²) in [6.07, 6.45) is 6.12. The Morgan fingerprint density at radius 2 is 2.50 bits per heavy atom. The Bertz CT molecular complexity index is 253. The van der Waals surface area contributed by atoms with Gasteiger partial charge in [-0.3, -0.25) is 5.10 Å². The normalized spacial score (nSPS) is 17.8. The van der Waals surface area contributed by atoms with Crippen LogP contribution in [0.15, 0.2) is 6.20 Å². The first-order valence-electron chi connectivity index (χ1n) is 4.46. The van der Waals surface area contributed by atoms with Crippen LogP contribution in [-0.4, -0.2) is 16.3 Å². The van der Waals surface area contributed by atoms with Gasteiger partial charge in [0.2, 0.25) is 0 Å². The fourth-order valence-electron chi connectivity index (χ4n) is 1.26. The highest BCUT2D eigenvalue weighted by Gasteiger charge is 2.18. The minimum Gasteiger partial charge on any atom is -0.372 e. The molecule has 0 amide bonds. The largest absolute Gasteiger partial charge is 0.372 e. The van der Waals surface area contributed by atoms with E-state index in [1.807, 2.05) is 13.1 Å². The van der Waals surface area contributed by atoms with Gasteiger partial charge < -0.3 is 4.74 Å². The summed E-state index contributed by atoms with van der Waals surface area (Å²) in [6.45, 7) is 2.74. The third-order valence-corrected chi connectivity index (χ3v) is 2.45. The summed E-state index contributed by atoms with van der Waals surface area (Å²) < 4.78 is 5.63. The highest BCUT2D eigenvalue weighted by Crippen LogP contribution is 2.23. The molecule has 0 saturated heterocycles. The lowest BCUT2D eigenvalue weighted by atomic mass is 9.96. The molecular weight excluding hydrogens is 152 g/mol. The molecule has 1 aliphatic carbocycles. The van der Waals surface area contributed by atoms with E-state index in [2.05, 4.69) is 10.2 Å². The molecule has 0 spiro atoms. The van der Waals surface area contributed by atoms with E-state index in [9.17, 15) is 0 Å². The van der Waals surface area contributed by atoms with Gasteiger partial charge in [0.1, 0.15) is 0 Å². The average Bonchev–Trinajstić information content (AvgIpc) is 2.33. The van der Waals surface area contributed by atoms with Gasteiger partial charge in [-0.15, -0.1) is 0 Å². The van der Waals surface area contributed by atoms with Gasteiger partial charge >= 0.3 is 0 Å². The smallest absolute Gasteiger partial charge is 0.0888 e. The van der Waals surface area contributed by atoms with Crippen molar-refractivity contribution in [2.45, 2.75) is 38.9 Å². The first-order valence-corrected chi connectivity index (χ1v) is 4.46. The van der Waals surface area contributed by atoms with Crippen molar-refractivity contribution in [2.75, 3.05) is 0 Å². The minimum atomic E-state index is 0.507. The number of rotatable bonds is 3. The van der Waals surface area contributed by atoms with Crippen molar-refractivity contribution in [1.29, 1.82) is 0 Å². The molecule has 0 radical (unpaired) electrons. The molecule has 1 saturated carbocycles. The molecular formula is C9H14N2O. The van der Waals surface area contributed by atoms with E-state index in [1.165, 1.54) is 24.8 Å². The Hall–Kier alpha value is -0.830. The van der Waals surface area contributed by atoms with Gasteiger partial charge in [0.25, 0.3) is 0 Å². The molecule has 12 heavy (non-hydrogen) atoms. The summed E-state index contributed by atoms with van der Waals surface area (Å²) in [5, 5.41) is 6.87. The maximum absolute atomic E-state index is 5.63. The number of nitrogens with one attached hydrogen (secondary N) is 1. The molecule has 1 aromatic rings. The number of aromatic nitrogens is 2. The summed E-state index contributed by atoms with van der Waals surface area (Å²) in [4.78, 5) is 0. The summed E-state index contributed by atoms with van der Waals surface area (Å²) in [7, 11) is 0. The van der Waals surface area contributed by atoms with Gasteiger partial charge in [0, 0.05) is 0 Å². The maximum atomic E-state index is 5.63. The topological polar surface area (TPSA) is 37.9 Å². The van der Waals surface area contributed by atoms with Crippen LogP contribution in [-0.2, 0) is 11.3 Å². The second-order valence-corrected chi connectivity index (χ2v) is 3.40. The minimum absolute atomic E-state index is 0.507. The number of aromatic amines is 1. The Kier molecular flexibility index (Phi) is 2.13. The zero-order valence-electron chi connectivity index (χ0n) is 7.34. The van der Waals surface area contributed by atoms with Crippen LogP contribution in [0.1, 0.15) is 30.5 Å². The van der Waals surface area contributed by atoms with Crippen molar-refractivity contribution in [3.63, 3.8) is 0 Å². The van der Waals surface area contributed by atoms with E-state index >= 15 is 0 Å². The van der Waals surface area contributed by atoms with Gasteiger partial charge in [0.05, 0.1) is 24.6 Å². The second kappa shape index (κ2) is 3.27. The molecule has 1 heterocycles. The number of ether oxygens (including phenoxy) is 1. The van der Waals surface area contributed by atoms with Crippen molar-refractivity contribution in [1.82, 2.24) is 10.2 Å². The van der Waals surface area contributed by atoms with Crippen LogP contribution in [0.3, 0.4) is 0 Å². The molecule has 2 rings (SSSR count). The average molecular weight is 166 g/mol. The van der Waals surface area contributed by atoms with Crippen LogP contribution in [0.5, 0.6) is 0 Å². The van der Waals surface area contributed by atoms with E-state index in [-0.39, 0.29) is 0 Å². The third kappa shape index (κ3) is 1.50. The number of hydrogen-bond acceptors (Lipinski definition) is 2. The lowest BCUT2D eigenvalue weighted by Gasteiger charge is -2.25. The van der Waals surface area contributed by atoms with Crippen LogP contribution in [0.2, 0.25) is 0 Å². The Morgan fingerprint density at radius 1 is 1.67 bits per heavy atom. The monoisotopic (exact) mass is 166 g/mol. The molecule has 0 aromatic carbocycles. The van der Waals surface area contributed by atoms with Crippen molar-refractivity contribution in [3.8, 4) is 0 Å². The van der Waals surface area contributed by atoms with E-state index in [1.54, 1.807) is 0 Å². The zero-order valence-corrected chi connectivity index (χ0v) is 7.34. The van der Waals surface area contributed by atoms with Gasteiger partial charge in [-0.05, 0) is 31.7 Å². The molecule has 0 unspecified atom stereocenters. The molecule has 66 valence electrons. The molecule has 1 aliphatic rings. The number of hydrogen-bond donors (Lipinski definition) is 1. The van der Waals surface area contributed by atoms with Crippen LogP contribution < -0.4 is 0 Å². The maximum Gasteiger partial charge on any atom is 0.0888 e. The summed E-state index contributed by atoms with van der Waals surface area (Å²) in [5.74, 6) is 0. The Labute approximate surface area is 72.1 Å². The molecule has 1 N–H and O–H groups in total. The molecule has 3 heteroatoms. The number of nitrogens with zero attached hydrogens (tertiary/aromatic N) is 1. The Balaban J connectivity index is 1.82. The van der Waals surface area contributed by atoms with Crippen molar-refractivity contribution < 1.29 is 4.74 Å². The van der Waals surface area contributed by atoms with Gasteiger partial charge in [-0.2, -0.15) is 5.10 Å². The van der Waals surface area contributed by atoms with Crippen molar-refractivity contribution in [2.24, 2.45) is 0 Å². The predicted octanol–water partition coefficient (Wildman–Crippen LogP) is 1.79. The summed E-state index contributed by atoms with van der Waals surface area (Å²) in [6, 6.07) is 0. The lowest BCUT2D eigenvalue weighted by Crippen LogP contribution is -2.21. The van der Waals surface area contributed by atoms with Crippen LogP contribution in [0.25, 0.3) is 0 Å². The fraction of sp³-hybridized carbons (Fsp3) is 0.667. The number of H-pyrrole nitrogens is 1. The molecule has 3 nitrogen and oxygen atoms in total. The highest BCUT2D eigenvalue weighted by atomic mass is 16.5. The Morgan fingerprint density at radius 3 is 3.00 bits per heavy atom. The molecule has 0 aliphatic heterocycles. The van der Waals surface area contributed by atoms with E-state index < -0.39 is 0 Å². The van der Waals surface area contributed by atoms with Crippen molar-refractivity contribution in [3.05, 3.63) is 17.5 Å². The standard InChI is InChI=1S/C9H14N2O/c1-7-5-10-11-9(7)6-12-8-3-2-4-8/h5,8H,2-4,6H2,1H3,(H,10,11). The van der Waals surface area contributed by atoms with E-state index in [0.29, 0.717) is 12.7 Å².